The van der Waals surface area contributed by atoms with E-state index in [4.69, 9.17) is 0 Å². The molecule has 0 spiro atoms. The lowest BCUT2D eigenvalue weighted by Crippen LogP contribution is -2.12. The molecule has 0 bridgehead atoms. The number of H-pyrrole nitrogens is 1. The number of hydrogen-bond acceptors (Lipinski definition) is 1. The first-order chi connectivity index (χ1) is 9.61. The minimum absolute atomic E-state index is 0.288. The fourth-order valence-electron chi connectivity index (χ4n) is 2.13. The summed E-state index contributed by atoms with van der Waals surface area (Å²) in [4.78, 5) is 15.2. The minimum atomic E-state index is -0.380. The zero-order valence-corrected chi connectivity index (χ0v) is 10.9. The van der Waals surface area contributed by atoms with Crippen molar-refractivity contribution in [1.29, 1.82) is 0 Å². The number of carbonyl (C=O) groups excluding carboxylic acids is 1. The molecule has 0 aliphatic rings. The topological polar surface area (TPSA) is 44.9 Å². The van der Waals surface area contributed by atoms with Crippen LogP contribution in [0.15, 0.2) is 48.5 Å². The van der Waals surface area contributed by atoms with E-state index in [1.807, 2.05) is 25.1 Å². The third kappa shape index (κ3) is 2.40. The van der Waals surface area contributed by atoms with E-state index in [1.165, 1.54) is 12.1 Å². The molecule has 1 heterocycles. The largest absolute Gasteiger partial charge is 0.351 e. The molecule has 0 aliphatic carbocycles. The number of nitrogens with one attached hydrogen (secondary N) is 2. The van der Waals surface area contributed by atoms with Crippen LogP contribution in [0.2, 0.25) is 0 Å². The number of aromatic amines is 1. The summed E-state index contributed by atoms with van der Waals surface area (Å²) in [6.45, 7) is 1.99. The van der Waals surface area contributed by atoms with E-state index in [0.717, 1.165) is 16.5 Å². The lowest BCUT2D eigenvalue weighted by molar-refractivity contribution is 0.102. The van der Waals surface area contributed by atoms with Crippen LogP contribution < -0.4 is 5.32 Å². The summed E-state index contributed by atoms with van der Waals surface area (Å²) < 4.78 is 13.1. The van der Waals surface area contributed by atoms with E-state index in [1.54, 1.807) is 18.2 Å². The van der Waals surface area contributed by atoms with Crippen molar-refractivity contribution in [3.05, 3.63) is 65.6 Å². The minimum Gasteiger partial charge on any atom is -0.351 e. The maximum atomic E-state index is 13.1. The van der Waals surface area contributed by atoms with Gasteiger partial charge in [0.15, 0.2) is 0 Å². The number of amides is 1. The number of fused-ring (bicyclic) bond motifs is 1. The highest BCUT2D eigenvalue weighted by Gasteiger charge is 2.10. The average molecular weight is 268 g/mol. The van der Waals surface area contributed by atoms with Crippen LogP contribution in [-0.4, -0.2) is 10.9 Å². The normalized spacial score (nSPS) is 10.7. The van der Waals surface area contributed by atoms with Gasteiger partial charge in [0.05, 0.1) is 0 Å². The number of benzene rings is 2. The van der Waals surface area contributed by atoms with Gasteiger partial charge in [-0.2, -0.15) is 0 Å². The Morgan fingerprint density at radius 1 is 1.15 bits per heavy atom. The number of halogens is 1. The Labute approximate surface area is 115 Å². The summed E-state index contributed by atoms with van der Waals surface area (Å²) in [7, 11) is 0. The average Bonchev–Trinajstić information content (AvgIpc) is 2.81. The first-order valence-corrected chi connectivity index (χ1v) is 6.28. The van der Waals surface area contributed by atoms with Gasteiger partial charge in [-0.25, -0.2) is 4.39 Å². The smallest absolute Gasteiger partial charge is 0.272 e. The Balaban J connectivity index is 1.88. The highest BCUT2D eigenvalue weighted by Crippen LogP contribution is 2.18. The molecule has 0 saturated heterocycles. The number of anilines is 1. The Morgan fingerprint density at radius 3 is 2.80 bits per heavy atom. The molecule has 0 fully saturated rings. The number of aryl methyl sites for hydroxylation is 1. The van der Waals surface area contributed by atoms with Crippen LogP contribution in [0, 0.1) is 12.7 Å². The van der Waals surface area contributed by atoms with Crippen LogP contribution in [0.5, 0.6) is 0 Å². The molecule has 3 rings (SSSR count). The molecule has 3 aromatic rings. The molecule has 20 heavy (non-hydrogen) atoms. The van der Waals surface area contributed by atoms with Crippen molar-refractivity contribution in [3.63, 3.8) is 0 Å². The molecule has 100 valence electrons. The SMILES string of the molecule is Cc1ccc2cc(C(=O)Nc3cccc(F)c3)[nH]c2c1. The lowest BCUT2D eigenvalue weighted by atomic mass is 10.2. The van der Waals surface area contributed by atoms with Crippen LogP contribution in [-0.2, 0) is 0 Å². The first kappa shape index (κ1) is 12.4. The van der Waals surface area contributed by atoms with Gasteiger partial charge in [-0.15, -0.1) is 0 Å². The quantitative estimate of drug-likeness (QED) is 0.728. The molecule has 1 amide bonds. The van der Waals surface area contributed by atoms with Crippen LogP contribution in [0.1, 0.15) is 16.1 Å². The van der Waals surface area contributed by atoms with Gasteiger partial charge in [0.25, 0.3) is 5.91 Å². The van der Waals surface area contributed by atoms with Crippen molar-refractivity contribution >= 4 is 22.5 Å². The van der Waals surface area contributed by atoms with E-state index in [9.17, 15) is 9.18 Å². The lowest BCUT2D eigenvalue weighted by Gasteiger charge is -2.03. The van der Waals surface area contributed by atoms with Gasteiger partial charge < -0.3 is 10.3 Å². The van der Waals surface area contributed by atoms with Crippen molar-refractivity contribution in [2.75, 3.05) is 5.32 Å². The molecule has 0 atom stereocenters. The van der Waals surface area contributed by atoms with E-state index in [-0.39, 0.29) is 11.7 Å². The standard InChI is InChI=1S/C16H13FN2O/c1-10-5-6-11-8-15(19-14(11)7-10)16(20)18-13-4-2-3-12(17)9-13/h2-9,19H,1H3,(H,18,20). The number of carbonyl (C=O) groups is 1. The third-order valence-electron chi connectivity index (χ3n) is 3.11. The van der Waals surface area contributed by atoms with E-state index < -0.39 is 0 Å². The molecule has 0 saturated carbocycles. The summed E-state index contributed by atoms with van der Waals surface area (Å²) >= 11 is 0. The van der Waals surface area contributed by atoms with Crippen molar-refractivity contribution in [1.82, 2.24) is 4.98 Å². The molecular formula is C16H13FN2O. The van der Waals surface area contributed by atoms with Gasteiger partial charge in [-0.1, -0.05) is 18.2 Å². The van der Waals surface area contributed by atoms with Gasteiger partial charge in [0.1, 0.15) is 11.5 Å². The predicted molar refractivity (Wildman–Crippen MR) is 77.4 cm³/mol. The molecule has 3 nitrogen and oxygen atoms in total. The summed E-state index contributed by atoms with van der Waals surface area (Å²) in [5.41, 5.74) is 2.92. The fourth-order valence-corrected chi connectivity index (χ4v) is 2.13. The second kappa shape index (κ2) is 4.81. The van der Waals surface area contributed by atoms with Crippen molar-refractivity contribution in [2.24, 2.45) is 0 Å². The Bertz CT molecular complexity index is 792. The van der Waals surface area contributed by atoms with Gasteiger partial charge in [-0.05, 0) is 42.8 Å². The van der Waals surface area contributed by atoms with Crippen molar-refractivity contribution in [2.45, 2.75) is 6.92 Å². The van der Waals surface area contributed by atoms with E-state index >= 15 is 0 Å². The first-order valence-electron chi connectivity index (χ1n) is 6.28. The fraction of sp³-hybridized carbons (Fsp3) is 0.0625. The van der Waals surface area contributed by atoms with Crippen molar-refractivity contribution in [3.8, 4) is 0 Å². The molecule has 2 N–H and O–H groups in total. The highest BCUT2D eigenvalue weighted by molar-refractivity contribution is 6.05. The molecule has 4 heteroatoms. The van der Waals surface area contributed by atoms with Gasteiger partial charge in [-0.3, -0.25) is 4.79 Å². The molecule has 2 aromatic carbocycles. The molecule has 0 radical (unpaired) electrons. The third-order valence-corrected chi connectivity index (χ3v) is 3.11. The van der Waals surface area contributed by atoms with Gasteiger partial charge >= 0.3 is 0 Å². The Morgan fingerprint density at radius 2 is 2.00 bits per heavy atom. The second-order valence-electron chi connectivity index (χ2n) is 4.74. The molecule has 0 aliphatic heterocycles. The maximum absolute atomic E-state index is 13.1. The summed E-state index contributed by atoms with van der Waals surface area (Å²) in [5.74, 6) is -0.667. The number of hydrogen-bond donors (Lipinski definition) is 2. The van der Waals surface area contributed by atoms with E-state index in [2.05, 4.69) is 10.3 Å². The van der Waals surface area contributed by atoms with E-state index in [0.29, 0.717) is 11.4 Å². The molecule has 0 unspecified atom stereocenters. The molecule has 1 aromatic heterocycles. The summed E-state index contributed by atoms with van der Waals surface area (Å²) in [6, 6.07) is 13.5. The Kier molecular flexibility index (Phi) is 2.99. The predicted octanol–water partition coefficient (Wildman–Crippen LogP) is 3.87. The van der Waals surface area contributed by atoms with Crippen molar-refractivity contribution < 1.29 is 9.18 Å². The van der Waals surface area contributed by atoms with Crippen LogP contribution >= 0.6 is 0 Å². The van der Waals surface area contributed by atoms with Crippen LogP contribution in [0.25, 0.3) is 10.9 Å². The van der Waals surface area contributed by atoms with Crippen LogP contribution in [0.4, 0.5) is 10.1 Å². The van der Waals surface area contributed by atoms with Gasteiger partial charge in [0, 0.05) is 16.6 Å². The summed E-state index contributed by atoms with van der Waals surface area (Å²) in [6.07, 6.45) is 0. The maximum Gasteiger partial charge on any atom is 0.272 e. The van der Waals surface area contributed by atoms with Gasteiger partial charge in [0.2, 0.25) is 0 Å². The molecular weight excluding hydrogens is 255 g/mol. The zero-order chi connectivity index (χ0) is 14.1. The number of aromatic nitrogens is 1. The van der Waals surface area contributed by atoms with Crippen LogP contribution in [0.3, 0.4) is 0 Å². The monoisotopic (exact) mass is 268 g/mol. The second-order valence-corrected chi connectivity index (χ2v) is 4.74. The zero-order valence-electron chi connectivity index (χ0n) is 10.9. The Hall–Kier alpha value is -2.62. The summed E-state index contributed by atoms with van der Waals surface area (Å²) in [5, 5.41) is 3.64. The highest BCUT2D eigenvalue weighted by atomic mass is 19.1. The number of rotatable bonds is 2.